The molecule has 3 aromatic rings. The van der Waals surface area contributed by atoms with Crippen LogP contribution in [-0.4, -0.2) is 57.1 Å². The third-order valence-corrected chi connectivity index (χ3v) is 5.78. The molecule has 0 bridgehead atoms. The fourth-order valence-corrected chi connectivity index (χ4v) is 3.95. The van der Waals surface area contributed by atoms with E-state index < -0.39 is 0 Å². The second-order valence-electron chi connectivity index (χ2n) is 8.42. The molecule has 0 radical (unpaired) electrons. The lowest BCUT2D eigenvalue weighted by atomic mass is 9.79. The summed E-state index contributed by atoms with van der Waals surface area (Å²) in [4.78, 5) is 31.7. The molecule has 9 heteroatoms. The molecule has 3 heterocycles. The Morgan fingerprint density at radius 3 is 2.12 bits per heavy atom. The van der Waals surface area contributed by atoms with Gasteiger partial charge in [0.1, 0.15) is 6.61 Å². The van der Waals surface area contributed by atoms with E-state index in [2.05, 4.69) is 30.6 Å². The minimum Gasteiger partial charge on any atom is -0.445 e. The molecule has 2 aromatic heterocycles. The number of likely N-dealkylation sites (tertiary alicyclic amines) is 1. The number of aryl methyl sites for hydroxylation is 1. The largest absolute Gasteiger partial charge is 0.445 e. The lowest BCUT2D eigenvalue weighted by molar-refractivity contribution is 0.0592. The van der Waals surface area contributed by atoms with Crippen LogP contribution in [0.15, 0.2) is 61.2 Å². The molecule has 1 aliphatic rings. The molecule has 1 amide bonds. The Morgan fingerprint density at radius 2 is 1.55 bits per heavy atom. The van der Waals surface area contributed by atoms with Gasteiger partial charge in [0, 0.05) is 56.4 Å². The average molecular weight is 448 g/mol. The van der Waals surface area contributed by atoms with Crippen molar-refractivity contribution in [2.45, 2.75) is 26.4 Å². The molecule has 0 aliphatic carbocycles. The number of ether oxygens (including phenoxy) is 1. The van der Waals surface area contributed by atoms with Crippen LogP contribution in [0.3, 0.4) is 0 Å². The van der Waals surface area contributed by atoms with Crippen molar-refractivity contribution < 1.29 is 9.53 Å². The molecule has 172 valence electrons. The van der Waals surface area contributed by atoms with Gasteiger partial charge in [-0.1, -0.05) is 29.8 Å². The third kappa shape index (κ3) is 6.38. The Hall–Kier alpha value is -3.75. The van der Waals surface area contributed by atoms with E-state index >= 15 is 0 Å². The van der Waals surface area contributed by atoms with Crippen LogP contribution in [-0.2, 0) is 11.3 Å². The zero-order valence-electron chi connectivity index (χ0n) is 18.8. The van der Waals surface area contributed by atoms with Crippen LogP contribution < -0.4 is 10.6 Å². The van der Waals surface area contributed by atoms with E-state index in [9.17, 15) is 4.79 Å². The first-order valence-corrected chi connectivity index (χ1v) is 11.1. The van der Waals surface area contributed by atoms with Crippen LogP contribution in [0.4, 0.5) is 16.7 Å². The number of anilines is 2. The lowest BCUT2D eigenvalue weighted by Crippen LogP contribution is -2.52. The normalized spacial score (nSPS) is 15.0. The van der Waals surface area contributed by atoms with Crippen molar-refractivity contribution >= 4 is 18.0 Å². The van der Waals surface area contributed by atoms with Gasteiger partial charge in [0.25, 0.3) is 0 Å². The second kappa shape index (κ2) is 10.7. The topological polar surface area (TPSA) is 105 Å². The summed E-state index contributed by atoms with van der Waals surface area (Å²) < 4.78 is 5.62. The van der Waals surface area contributed by atoms with Gasteiger partial charge in [-0.2, -0.15) is 0 Å². The number of amides is 1. The number of aromatic nitrogens is 4. The van der Waals surface area contributed by atoms with Crippen molar-refractivity contribution in [1.29, 1.82) is 0 Å². The highest BCUT2D eigenvalue weighted by molar-refractivity contribution is 5.68. The molecule has 0 atom stereocenters. The number of piperidine rings is 1. The van der Waals surface area contributed by atoms with Crippen molar-refractivity contribution in [1.82, 2.24) is 24.8 Å². The van der Waals surface area contributed by atoms with Crippen LogP contribution in [0, 0.1) is 12.3 Å². The summed E-state index contributed by atoms with van der Waals surface area (Å²) in [6, 6.07) is 11.6. The minimum atomic E-state index is -0.299. The van der Waals surface area contributed by atoms with E-state index in [1.54, 1.807) is 41.8 Å². The lowest BCUT2D eigenvalue weighted by Gasteiger charge is -2.42. The van der Waals surface area contributed by atoms with Gasteiger partial charge in [-0.15, -0.1) is 0 Å². The van der Waals surface area contributed by atoms with Gasteiger partial charge >= 0.3 is 6.09 Å². The molecule has 0 saturated carbocycles. The molecule has 0 unspecified atom stereocenters. The Kier molecular flexibility index (Phi) is 7.29. The number of hydrogen-bond donors (Lipinski definition) is 2. The van der Waals surface area contributed by atoms with Gasteiger partial charge in [-0.25, -0.2) is 24.7 Å². The number of rotatable bonds is 8. The molecular formula is C24H29N7O2. The van der Waals surface area contributed by atoms with Crippen LogP contribution in [0.5, 0.6) is 0 Å². The molecule has 1 fully saturated rings. The molecular weight excluding hydrogens is 418 g/mol. The number of nitrogens with one attached hydrogen (secondary N) is 2. The smallest absolute Gasteiger partial charge is 0.410 e. The quantitative estimate of drug-likeness (QED) is 0.540. The maximum absolute atomic E-state index is 12.9. The predicted octanol–water partition coefficient (Wildman–Crippen LogP) is 3.52. The zero-order chi connectivity index (χ0) is 22.9. The standard InChI is InChI=1S/C24H29N7O2/c1-19-5-7-20(8-6-19)15-33-23(32)31-14-2-9-24(18-31,16-29-21-25-10-3-11-26-21)17-30-22-27-12-4-13-28-22/h3-8,10-13H,2,9,14-18H2,1H3,(H,25,26,29)(H,27,28,30). The van der Waals surface area contributed by atoms with Gasteiger partial charge < -0.3 is 20.3 Å². The maximum atomic E-state index is 12.9. The van der Waals surface area contributed by atoms with Crippen LogP contribution in [0.25, 0.3) is 0 Å². The summed E-state index contributed by atoms with van der Waals surface area (Å²) in [6.07, 6.45) is 8.30. The van der Waals surface area contributed by atoms with Crippen LogP contribution >= 0.6 is 0 Å². The monoisotopic (exact) mass is 447 g/mol. The SMILES string of the molecule is Cc1ccc(COC(=O)N2CCCC(CNc3ncccn3)(CNc3ncccn3)C2)cc1. The van der Waals surface area contributed by atoms with Gasteiger partial charge in [0.2, 0.25) is 11.9 Å². The van der Waals surface area contributed by atoms with Gasteiger partial charge in [0.15, 0.2) is 0 Å². The minimum absolute atomic E-state index is 0.259. The highest BCUT2D eigenvalue weighted by Crippen LogP contribution is 2.31. The number of carbonyl (C=O) groups is 1. The summed E-state index contributed by atoms with van der Waals surface area (Å²) in [6.45, 7) is 4.69. The molecule has 0 spiro atoms. The van der Waals surface area contributed by atoms with E-state index in [4.69, 9.17) is 4.74 Å². The highest BCUT2D eigenvalue weighted by Gasteiger charge is 2.38. The summed E-state index contributed by atoms with van der Waals surface area (Å²) in [5, 5.41) is 6.66. The maximum Gasteiger partial charge on any atom is 0.410 e. The number of benzene rings is 1. The Labute approximate surface area is 193 Å². The molecule has 9 nitrogen and oxygen atoms in total. The van der Waals surface area contributed by atoms with E-state index in [0.29, 0.717) is 38.1 Å². The third-order valence-electron chi connectivity index (χ3n) is 5.78. The van der Waals surface area contributed by atoms with E-state index in [-0.39, 0.29) is 18.1 Å². The molecule has 33 heavy (non-hydrogen) atoms. The van der Waals surface area contributed by atoms with Crippen molar-refractivity contribution in [3.8, 4) is 0 Å². The highest BCUT2D eigenvalue weighted by atomic mass is 16.6. The number of hydrogen-bond acceptors (Lipinski definition) is 8. The van der Waals surface area contributed by atoms with Crippen molar-refractivity contribution in [3.05, 3.63) is 72.3 Å². The average Bonchev–Trinajstić information content (AvgIpc) is 2.87. The van der Waals surface area contributed by atoms with Crippen LogP contribution in [0.2, 0.25) is 0 Å². The number of carbonyl (C=O) groups excluding carboxylic acids is 1. The first kappa shape index (κ1) is 22.4. The first-order valence-electron chi connectivity index (χ1n) is 11.1. The first-order chi connectivity index (χ1) is 16.1. The zero-order valence-corrected chi connectivity index (χ0v) is 18.8. The van der Waals surface area contributed by atoms with Gasteiger partial charge in [0.05, 0.1) is 0 Å². The summed E-state index contributed by atoms with van der Waals surface area (Å²) in [7, 11) is 0. The molecule has 1 aromatic carbocycles. The van der Waals surface area contributed by atoms with E-state index in [1.807, 2.05) is 31.2 Å². The summed E-state index contributed by atoms with van der Waals surface area (Å²) in [5.41, 5.74) is 1.89. The molecule has 4 rings (SSSR count). The van der Waals surface area contributed by atoms with Gasteiger partial charge in [-0.05, 0) is 37.5 Å². The van der Waals surface area contributed by atoms with Crippen molar-refractivity contribution in [2.75, 3.05) is 36.8 Å². The fourth-order valence-electron chi connectivity index (χ4n) is 3.95. The Balaban J connectivity index is 1.42. The Bertz CT molecular complexity index is 973. The Morgan fingerprint density at radius 1 is 0.970 bits per heavy atom. The van der Waals surface area contributed by atoms with Crippen molar-refractivity contribution in [3.63, 3.8) is 0 Å². The second-order valence-corrected chi connectivity index (χ2v) is 8.42. The molecule has 1 aliphatic heterocycles. The fraction of sp³-hybridized carbons (Fsp3) is 0.375. The van der Waals surface area contributed by atoms with E-state index in [0.717, 1.165) is 18.4 Å². The summed E-state index contributed by atoms with van der Waals surface area (Å²) >= 11 is 0. The van der Waals surface area contributed by atoms with Crippen LogP contribution in [0.1, 0.15) is 24.0 Å². The predicted molar refractivity (Wildman–Crippen MR) is 126 cm³/mol. The van der Waals surface area contributed by atoms with Crippen molar-refractivity contribution in [2.24, 2.45) is 5.41 Å². The number of nitrogens with zero attached hydrogens (tertiary/aromatic N) is 5. The van der Waals surface area contributed by atoms with Gasteiger partial charge in [-0.3, -0.25) is 0 Å². The molecule has 2 N–H and O–H groups in total. The van der Waals surface area contributed by atoms with E-state index in [1.165, 1.54) is 5.56 Å². The molecule has 1 saturated heterocycles. The summed E-state index contributed by atoms with van der Waals surface area (Å²) in [5.74, 6) is 1.12.